The topological polar surface area (TPSA) is 98.8 Å². The predicted octanol–water partition coefficient (Wildman–Crippen LogP) is 3.60. The maximum absolute atomic E-state index is 12.6. The summed E-state index contributed by atoms with van der Waals surface area (Å²) in [4.78, 5) is 24.9. The van der Waals surface area contributed by atoms with Gasteiger partial charge in [0.05, 0.1) is 16.4 Å². The van der Waals surface area contributed by atoms with Crippen molar-refractivity contribution in [3.8, 4) is 0 Å². The average molecular weight is 424 g/mol. The average Bonchev–Trinajstić information content (AvgIpc) is 3.25. The lowest BCUT2D eigenvalue weighted by molar-refractivity contribution is -0.156. The first-order valence-corrected chi connectivity index (χ1v) is 10.9. The molecule has 2 rings (SSSR count). The predicted molar refractivity (Wildman–Crippen MR) is 109 cm³/mol. The van der Waals surface area contributed by atoms with Crippen LogP contribution in [0.2, 0.25) is 0 Å². The first-order valence-electron chi connectivity index (χ1n) is 9.37. The van der Waals surface area contributed by atoms with Crippen LogP contribution in [0.25, 0.3) is 0 Å². The number of hydrogen-bond donors (Lipinski definition) is 1. The van der Waals surface area contributed by atoms with Gasteiger partial charge in [0.15, 0.2) is 9.84 Å². The Bertz CT molecular complexity index is 893. The fourth-order valence-corrected chi connectivity index (χ4v) is 3.82. The van der Waals surface area contributed by atoms with Crippen LogP contribution in [0, 0.1) is 5.92 Å². The smallest absolute Gasteiger partial charge is 0.408 e. The highest BCUT2D eigenvalue weighted by Crippen LogP contribution is 2.46. The molecule has 0 heterocycles. The number of sulfone groups is 1. The third kappa shape index (κ3) is 6.59. The number of nitrogens with one attached hydrogen (secondary N) is 1. The lowest BCUT2D eigenvalue weighted by Gasteiger charge is -2.24. The Labute approximate surface area is 172 Å². The molecule has 0 aliphatic heterocycles. The van der Waals surface area contributed by atoms with Crippen LogP contribution in [0.3, 0.4) is 0 Å². The van der Waals surface area contributed by atoms with Crippen LogP contribution in [0.5, 0.6) is 0 Å². The number of esters is 1. The number of alkyl carbamates (subject to hydrolysis) is 1. The summed E-state index contributed by atoms with van der Waals surface area (Å²) in [5, 5.41) is 3.67. The number of amides is 1. The molecular formula is C21H29NO6S. The monoisotopic (exact) mass is 423 g/mol. The maximum Gasteiger partial charge on any atom is 0.408 e. The van der Waals surface area contributed by atoms with Gasteiger partial charge in [-0.05, 0) is 66.2 Å². The minimum atomic E-state index is -3.73. The molecule has 0 bridgehead atoms. The highest BCUT2D eigenvalue weighted by molar-refractivity contribution is 7.94. The lowest BCUT2D eigenvalue weighted by Crippen LogP contribution is -2.42. The summed E-state index contributed by atoms with van der Waals surface area (Å²) in [7, 11) is -3.73. The molecule has 8 heteroatoms. The Morgan fingerprint density at radius 2 is 1.59 bits per heavy atom. The van der Waals surface area contributed by atoms with Gasteiger partial charge in [0.1, 0.15) is 11.2 Å². The summed E-state index contributed by atoms with van der Waals surface area (Å²) in [6.45, 7) is 10.4. The highest BCUT2D eigenvalue weighted by atomic mass is 32.2. The van der Waals surface area contributed by atoms with Crippen molar-refractivity contribution in [3.05, 3.63) is 41.8 Å². The van der Waals surface area contributed by atoms with Crippen molar-refractivity contribution >= 4 is 21.9 Å². The van der Waals surface area contributed by atoms with Crippen molar-refractivity contribution in [2.75, 3.05) is 0 Å². The molecular weight excluding hydrogens is 394 g/mol. The largest absolute Gasteiger partial charge is 0.460 e. The van der Waals surface area contributed by atoms with Crippen molar-refractivity contribution in [2.24, 2.45) is 5.92 Å². The van der Waals surface area contributed by atoms with E-state index in [0.29, 0.717) is 0 Å². The standard InChI is InChI=1S/C21H29NO6S/c1-19(2,3)27-17(23)16-14-21(16,22-18(24)28-20(4,5)6)12-13-29(25,26)15-10-8-7-9-11-15/h7-13,16H,14H2,1-6H3,(H,22,24)/b13-12+/t16-,21?/m0/s1. The van der Waals surface area contributed by atoms with E-state index in [-0.39, 0.29) is 11.3 Å². The first kappa shape index (κ1) is 22.9. The Balaban J connectivity index is 2.27. The van der Waals surface area contributed by atoms with Gasteiger partial charge in [-0.25, -0.2) is 13.2 Å². The summed E-state index contributed by atoms with van der Waals surface area (Å²) in [5.74, 6) is -1.20. The van der Waals surface area contributed by atoms with E-state index in [1.165, 1.54) is 18.2 Å². The van der Waals surface area contributed by atoms with Gasteiger partial charge in [-0.15, -0.1) is 0 Å². The summed E-state index contributed by atoms with van der Waals surface area (Å²) < 4.78 is 35.8. The van der Waals surface area contributed by atoms with Crippen molar-refractivity contribution in [2.45, 2.75) is 69.6 Å². The molecule has 1 unspecified atom stereocenters. The maximum atomic E-state index is 12.6. The minimum absolute atomic E-state index is 0.123. The molecule has 160 valence electrons. The van der Waals surface area contributed by atoms with Crippen LogP contribution >= 0.6 is 0 Å². The van der Waals surface area contributed by atoms with E-state index in [1.807, 2.05) is 0 Å². The van der Waals surface area contributed by atoms with Crippen LogP contribution in [0.4, 0.5) is 4.79 Å². The number of benzene rings is 1. The third-order valence-corrected chi connectivity index (χ3v) is 5.47. The first-order chi connectivity index (χ1) is 13.1. The van der Waals surface area contributed by atoms with Crippen LogP contribution in [0.15, 0.2) is 46.7 Å². The fraction of sp³-hybridized carbons (Fsp3) is 0.524. The van der Waals surface area contributed by atoms with Gasteiger partial charge in [0.2, 0.25) is 0 Å². The Hall–Kier alpha value is -2.35. The van der Waals surface area contributed by atoms with E-state index in [9.17, 15) is 18.0 Å². The van der Waals surface area contributed by atoms with Crippen LogP contribution < -0.4 is 5.32 Å². The second kappa shape index (κ2) is 7.82. The van der Waals surface area contributed by atoms with Gasteiger partial charge < -0.3 is 14.8 Å². The zero-order valence-electron chi connectivity index (χ0n) is 17.7. The molecule has 1 saturated carbocycles. The van der Waals surface area contributed by atoms with Gasteiger partial charge in [-0.2, -0.15) is 0 Å². The van der Waals surface area contributed by atoms with E-state index in [1.54, 1.807) is 59.7 Å². The quantitative estimate of drug-likeness (QED) is 0.727. The van der Waals surface area contributed by atoms with Gasteiger partial charge >= 0.3 is 12.1 Å². The highest BCUT2D eigenvalue weighted by Gasteiger charge is 2.60. The molecule has 29 heavy (non-hydrogen) atoms. The molecule has 1 aromatic rings. The van der Waals surface area contributed by atoms with Crippen molar-refractivity contribution in [3.63, 3.8) is 0 Å². The molecule has 0 spiro atoms. The third-order valence-electron chi connectivity index (χ3n) is 4.04. The second-order valence-corrected chi connectivity index (χ2v) is 11.0. The van der Waals surface area contributed by atoms with E-state index in [4.69, 9.17) is 9.47 Å². The Morgan fingerprint density at radius 3 is 2.10 bits per heavy atom. The number of carbonyl (C=O) groups is 2. The van der Waals surface area contributed by atoms with Crippen molar-refractivity contribution in [1.29, 1.82) is 0 Å². The Morgan fingerprint density at radius 1 is 1.03 bits per heavy atom. The van der Waals surface area contributed by atoms with E-state index in [0.717, 1.165) is 5.41 Å². The van der Waals surface area contributed by atoms with Gasteiger partial charge in [-0.3, -0.25) is 4.79 Å². The molecule has 1 aromatic carbocycles. The molecule has 0 aromatic heterocycles. The molecule has 7 nitrogen and oxygen atoms in total. The molecule has 2 atom stereocenters. The molecule has 0 saturated heterocycles. The molecule has 1 N–H and O–H groups in total. The molecule has 1 aliphatic carbocycles. The fourth-order valence-electron chi connectivity index (χ4n) is 2.70. The summed E-state index contributed by atoms with van der Waals surface area (Å²) in [6, 6.07) is 7.91. The minimum Gasteiger partial charge on any atom is -0.460 e. The molecule has 1 aliphatic rings. The van der Waals surface area contributed by atoms with Crippen molar-refractivity contribution in [1.82, 2.24) is 5.32 Å². The zero-order valence-corrected chi connectivity index (χ0v) is 18.5. The Kier molecular flexibility index (Phi) is 6.18. The van der Waals surface area contributed by atoms with E-state index >= 15 is 0 Å². The normalized spacial score (nSPS) is 22.2. The summed E-state index contributed by atoms with van der Waals surface area (Å²) in [6.07, 6.45) is 0.834. The number of hydrogen-bond acceptors (Lipinski definition) is 6. The van der Waals surface area contributed by atoms with Gasteiger partial charge in [0, 0.05) is 5.41 Å². The lowest BCUT2D eigenvalue weighted by atomic mass is 10.1. The SMILES string of the molecule is CC(C)(C)OC(=O)NC1(/C=C/S(=O)(=O)c2ccccc2)C[C@H]1C(=O)OC(C)(C)C. The summed E-state index contributed by atoms with van der Waals surface area (Å²) in [5.41, 5.74) is -2.61. The molecule has 1 amide bonds. The van der Waals surface area contributed by atoms with E-state index in [2.05, 4.69) is 5.32 Å². The van der Waals surface area contributed by atoms with E-state index < -0.39 is 44.6 Å². The molecule has 1 fully saturated rings. The second-order valence-electron chi connectivity index (χ2n) is 9.12. The number of ether oxygens (including phenoxy) is 2. The van der Waals surface area contributed by atoms with Crippen LogP contribution in [0.1, 0.15) is 48.0 Å². The number of rotatable bonds is 5. The van der Waals surface area contributed by atoms with Crippen LogP contribution in [-0.4, -0.2) is 37.2 Å². The summed E-state index contributed by atoms with van der Waals surface area (Å²) >= 11 is 0. The number of carbonyl (C=O) groups excluding carboxylic acids is 2. The zero-order chi connectivity index (χ0) is 22.1. The molecule has 0 radical (unpaired) electrons. The van der Waals surface area contributed by atoms with Crippen LogP contribution in [-0.2, 0) is 24.1 Å². The van der Waals surface area contributed by atoms with Crippen molar-refractivity contribution < 1.29 is 27.5 Å². The van der Waals surface area contributed by atoms with Gasteiger partial charge in [-0.1, -0.05) is 18.2 Å². The van der Waals surface area contributed by atoms with Gasteiger partial charge in [0.25, 0.3) is 0 Å².